The molecule has 0 N–H and O–H groups in total. The van der Waals surface area contributed by atoms with Gasteiger partial charge < -0.3 is 8.82 Å². The Morgan fingerprint density at radius 2 is 1.72 bits per heavy atom. The Labute approximate surface area is 169 Å². The number of furan rings is 1. The van der Waals surface area contributed by atoms with E-state index in [1.54, 1.807) is 0 Å². The van der Waals surface area contributed by atoms with Crippen molar-refractivity contribution in [2.75, 3.05) is 0 Å². The van der Waals surface area contributed by atoms with E-state index in [4.69, 9.17) is 4.42 Å². The molecule has 0 aliphatic heterocycles. The Balaban J connectivity index is 1.94. The number of rotatable bonds is 1. The molecule has 0 aliphatic carbocycles. The summed E-state index contributed by atoms with van der Waals surface area (Å²) in [5.41, 5.74) is 8.23. The van der Waals surface area contributed by atoms with Gasteiger partial charge in [0.05, 0.1) is 16.4 Å². The first-order valence-electron chi connectivity index (χ1n) is 10.2. The lowest BCUT2D eigenvalue weighted by Crippen LogP contribution is -2.10. The average molecular weight is 377 g/mol. The normalized spacial score (nSPS) is 13.0. The van der Waals surface area contributed by atoms with Gasteiger partial charge in [0.2, 0.25) is 0 Å². The molecule has 0 aliphatic rings. The van der Waals surface area contributed by atoms with Crippen molar-refractivity contribution >= 4 is 55.2 Å². The third-order valence-corrected chi connectivity index (χ3v) is 6.46. The highest BCUT2D eigenvalue weighted by Gasteiger charge is 2.24. The average Bonchev–Trinajstić information content (AvgIpc) is 3.31. The van der Waals surface area contributed by atoms with E-state index in [1.165, 1.54) is 49.2 Å². The molecule has 0 atom stereocenters. The van der Waals surface area contributed by atoms with Gasteiger partial charge in [-0.05, 0) is 42.2 Å². The quantitative estimate of drug-likeness (QED) is 0.285. The van der Waals surface area contributed by atoms with E-state index >= 15 is 0 Å². The molecule has 2 heteroatoms. The monoisotopic (exact) mass is 377 g/mol. The number of hydrogen-bond acceptors (Lipinski definition) is 1. The second-order valence-corrected chi connectivity index (χ2v) is 9.14. The lowest BCUT2D eigenvalue weighted by molar-refractivity contribution is 0.591. The van der Waals surface area contributed by atoms with Crippen LogP contribution in [-0.2, 0) is 5.41 Å². The van der Waals surface area contributed by atoms with E-state index in [-0.39, 0.29) is 5.41 Å². The molecule has 2 nitrogen and oxygen atoms in total. The number of benzene rings is 3. The van der Waals surface area contributed by atoms with Crippen LogP contribution in [0.5, 0.6) is 0 Å². The summed E-state index contributed by atoms with van der Waals surface area (Å²) >= 11 is 0. The molecule has 142 valence electrons. The van der Waals surface area contributed by atoms with Crippen molar-refractivity contribution in [1.29, 1.82) is 0 Å². The highest BCUT2D eigenvalue weighted by atomic mass is 16.3. The van der Waals surface area contributed by atoms with Crippen molar-refractivity contribution < 1.29 is 4.42 Å². The number of fused-ring (bicyclic) bond motifs is 7. The van der Waals surface area contributed by atoms with E-state index in [1.807, 2.05) is 12.1 Å². The summed E-state index contributed by atoms with van der Waals surface area (Å²) in [6.07, 6.45) is 1.97. The topological polar surface area (TPSA) is 17.6 Å². The lowest BCUT2D eigenvalue weighted by Gasteiger charge is -2.19. The molecule has 3 heterocycles. The van der Waals surface area contributed by atoms with Gasteiger partial charge in [0.25, 0.3) is 0 Å². The van der Waals surface area contributed by atoms with Crippen molar-refractivity contribution in [3.63, 3.8) is 0 Å². The highest BCUT2D eigenvalue weighted by Crippen LogP contribution is 2.45. The lowest BCUT2D eigenvalue weighted by atomic mass is 9.86. The van der Waals surface area contributed by atoms with Crippen molar-refractivity contribution in [3.05, 3.63) is 71.9 Å². The number of aromatic nitrogens is 1. The molecule has 0 amide bonds. The number of nitrogens with zero attached hydrogens (tertiary/aromatic N) is 1. The zero-order valence-corrected chi connectivity index (χ0v) is 17.3. The summed E-state index contributed by atoms with van der Waals surface area (Å²) in [5.74, 6) is 0. The summed E-state index contributed by atoms with van der Waals surface area (Å²) < 4.78 is 8.76. The second-order valence-electron chi connectivity index (χ2n) is 9.14. The Kier molecular flexibility index (Phi) is 2.99. The summed E-state index contributed by atoms with van der Waals surface area (Å²) in [4.78, 5) is 0. The molecule has 0 radical (unpaired) electrons. The fourth-order valence-electron chi connectivity index (χ4n) is 4.97. The van der Waals surface area contributed by atoms with Gasteiger partial charge in [0.1, 0.15) is 11.2 Å². The number of para-hydroxylation sites is 1. The Bertz CT molecular complexity index is 1600. The molecular weight excluding hydrogens is 354 g/mol. The second kappa shape index (κ2) is 5.21. The molecule has 3 aromatic carbocycles. The first-order chi connectivity index (χ1) is 13.9. The van der Waals surface area contributed by atoms with Crippen LogP contribution in [0, 0.1) is 6.92 Å². The first-order valence-corrected chi connectivity index (χ1v) is 10.2. The van der Waals surface area contributed by atoms with Crippen LogP contribution in [0.1, 0.15) is 37.6 Å². The number of aryl methyl sites for hydroxylation is 1. The molecule has 0 bridgehead atoms. The fraction of sp³-hybridized carbons (Fsp3) is 0.185. The van der Waals surface area contributed by atoms with Gasteiger partial charge in [-0.2, -0.15) is 0 Å². The molecule has 0 fully saturated rings. The van der Waals surface area contributed by atoms with Crippen LogP contribution in [0.15, 0.2) is 59.5 Å². The van der Waals surface area contributed by atoms with Crippen molar-refractivity contribution in [2.24, 2.45) is 0 Å². The van der Waals surface area contributed by atoms with Crippen LogP contribution in [0.4, 0.5) is 0 Å². The predicted molar refractivity (Wildman–Crippen MR) is 124 cm³/mol. The highest BCUT2D eigenvalue weighted by molar-refractivity contribution is 6.27. The van der Waals surface area contributed by atoms with Crippen LogP contribution in [0.3, 0.4) is 0 Å². The maximum atomic E-state index is 6.38. The van der Waals surface area contributed by atoms with Crippen LogP contribution in [-0.4, -0.2) is 4.40 Å². The molecule has 0 spiro atoms. The summed E-state index contributed by atoms with van der Waals surface area (Å²) in [7, 11) is 0. The minimum absolute atomic E-state index is 0.110. The van der Waals surface area contributed by atoms with Gasteiger partial charge in [0.15, 0.2) is 0 Å². The summed E-state index contributed by atoms with van der Waals surface area (Å²) in [6.45, 7) is 13.1. The van der Waals surface area contributed by atoms with Gasteiger partial charge in [-0.15, -0.1) is 0 Å². The van der Waals surface area contributed by atoms with Crippen LogP contribution < -0.4 is 0 Å². The predicted octanol–water partition coefficient (Wildman–Crippen LogP) is 7.83. The molecule has 0 unspecified atom stereocenters. The first kappa shape index (κ1) is 16.7. The summed E-state index contributed by atoms with van der Waals surface area (Å²) in [5, 5.41) is 6.12. The minimum Gasteiger partial charge on any atom is -0.455 e. The molecule has 0 saturated heterocycles. The van der Waals surface area contributed by atoms with E-state index in [9.17, 15) is 0 Å². The van der Waals surface area contributed by atoms with Gasteiger partial charge in [-0.3, -0.25) is 0 Å². The molecular formula is C27H23NO. The van der Waals surface area contributed by atoms with Crippen molar-refractivity contribution in [2.45, 2.75) is 33.1 Å². The van der Waals surface area contributed by atoms with Gasteiger partial charge >= 0.3 is 0 Å². The molecule has 6 aromatic rings. The Hall–Kier alpha value is -3.26. The maximum Gasteiger partial charge on any atom is 0.145 e. The van der Waals surface area contributed by atoms with Crippen LogP contribution in [0.2, 0.25) is 0 Å². The van der Waals surface area contributed by atoms with Gasteiger partial charge in [-0.1, -0.05) is 57.7 Å². The van der Waals surface area contributed by atoms with Crippen LogP contribution >= 0.6 is 0 Å². The molecule has 0 saturated carbocycles. The van der Waals surface area contributed by atoms with Gasteiger partial charge in [0, 0.05) is 32.8 Å². The SMILES string of the molecule is C=Cc1c(C)n2c3ccc(C(C)(C)C)cc3c3cc4c5ccccc5oc4c1c32. The molecule has 3 aromatic heterocycles. The van der Waals surface area contributed by atoms with E-state index in [0.29, 0.717) is 0 Å². The third kappa shape index (κ3) is 1.96. The largest absolute Gasteiger partial charge is 0.455 e. The van der Waals surface area contributed by atoms with E-state index in [0.717, 1.165) is 16.7 Å². The third-order valence-electron chi connectivity index (χ3n) is 6.46. The fourth-order valence-corrected chi connectivity index (χ4v) is 4.97. The minimum atomic E-state index is 0.110. The molecule has 29 heavy (non-hydrogen) atoms. The van der Waals surface area contributed by atoms with Crippen molar-refractivity contribution in [1.82, 2.24) is 4.40 Å². The van der Waals surface area contributed by atoms with E-state index in [2.05, 4.69) is 81.1 Å². The van der Waals surface area contributed by atoms with Gasteiger partial charge in [-0.25, -0.2) is 0 Å². The Morgan fingerprint density at radius 1 is 0.931 bits per heavy atom. The zero-order valence-electron chi connectivity index (χ0n) is 17.3. The van der Waals surface area contributed by atoms with E-state index < -0.39 is 0 Å². The molecule has 6 rings (SSSR count). The number of hydrogen-bond donors (Lipinski definition) is 0. The smallest absolute Gasteiger partial charge is 0.145 e. The summed E-state index contributed by atoms with van der Waals surface area (Å²) in [6, 6.07) is 17.6. The van der Waals surface area contributed by atoms with Crippen LogP contribution in [0.25, 0.3) is 55.2 Å². The zero-order chi connectivity index (χ0) is 20.1. The Morgan fingerprint density at radius 3 is 2.48 bits per heavy atom. The maximum absolute atomic E-state index is 6.38. The van der Waals surface area contributed by atoms with Crippen molar-refractivity contribution in [3.8, 4) is 0 Å². The standard InChI is InChI=1S/C27H23NO/c1-6-17-15(2)28-22-12-11-16(27(3,4)5)13-19(22)20-14-21-18-9-7-8-10-23(18)29-26(21)24(17)25(20)28/h6-14H,1H2,2-5H3.